The summed E-state index contributed by atoms with van der Waals surface area (Å²) in [5, 5.41) is 6.05. The Kier molecular flexibility index (Phi) is 3.49. The topological polar surface area (TPSA) is 101 Å². The lowest BCUT2D eigenvalue weighted by Crippen LogP contribution is -2.21. The van der Waals surface area contributed by atoms with Crippen LogP contribution in [-0.2, 0) is 10.0 Å². The normalized spacial score (nSPS) is 11.2. The first-order chi connectivity index (χ1) is 8.92. The van der Waals surface area contributed by atoms with Crippen molar-refractivity contribution >= 4 is 32.9 Å². The Balaban J connectivity index is 2.52. The largest absolute Gasteiger partial charge is 0.389 e. The molecule has 1 heterocycles. The SMILES string of the molecule is NC(=S)c1c(F)cccc1S(=O)(=O)Nc1cn[nH]c1. The summed E-state index contributed by atoms with van der Waals surface area (Å²) in [5.74, 6) is -0.789. The Hall–Kier alpha value is -2.00. The number of sulfonamides is 1. The Morgan fingerprint density at radius 2 is 2.21 bits per heavy atom. The molecule has 9 heteroatoms. The molecule has 4 N–H and O–H groups in total. The van der Waals surface area contributed by atoms with Gasteiger partial charge in [-0.15, -0.1) is 0 Å². The maximum atomic E-state index is 13.6. The Morgan fingerprint density at radius 1 is 1.47 bits per heavy atom. The second-order valence-corrected chi connectivity index (χ2v) is 5.66. The van der Waals surface area contributed by atoms with Crippen molar-refractivity contribution in [3.05, 3.63) is 42.0 Å². The highest BCUT2D eigenvalue weighted by molar-refractivity contribution is 7.93. The summed E-state index contributed by atoms with van der Waals surface area (Å²) in [6, 6.07) is 3.58. The molecule has 19 heavy (non-hydrogen) atoms. The smallest absolute Gasteiger partial charge is 0.262 e. The van der Waals surface area contributed by atoms with Crippen molar-refractivity contribution in [3.8, 4) is 0 Å². The number of aromatic nitrogens is 2. The number of nitrogens with one attached hydrogen (secondary N) is 2. The molecule has 2 rings (SSSR count). The molecule has 0 aliphatic rings. The highest BCUT2D eigenvalue weighted by Gasteiger charge is 2.23. The molecule has 0 bridgehead atoms. The number of rotatable bonds is 4. The second-order valence-electron chi connectivity index (χ2n) is 3.57. The zero-order valence-corrected chi connectivity index (χ0v) is 11.1. The monoisotopic (exact) mass is 300 g/mol. The van der Waals surface area contributed by atoms with Gasteiger partial charge in [0, 0.05) is 6.20 Å². The summed E-state index contributed by atoms with van der Waals surface area (Å²) in [5.41, 5.74) is 5.28. The molecule has 0 unspecified atom stereocenters. The van der Waals surface area contributed by atoms with Crippen molar-refractivity contribution in [3.63, 3.8) is 0 Å². The third kappa shape index (κ3) is 2.71. The minimum absolute atomic E-state index is 0.221. The fourth-order valence-electron chi connectivity index (χ4n) is 1.48. The Bertz CT molecular complexity index is 713. The predicted molar refractivity (Wildman–Crippen MR) is 71.7 cm³/mol. The third-order valence-corrected chi connectivity index (χ3v) is 3.89. The van der Waals surface area contributed by atoms with Gasteiger partial charge in [0.15, 0.2) is 0 Å². The number of aromatic amines is 1. The molecule has 0 spiro atoms. The molecule has 1 aromatic carbocycles. The van der Waals surface area contributed by atoms with Crippen molar-refractivity contribution in [2.45, 2.75) is 4.90 Å². The van der Waals surface area contributed by atoms with Crippen molar-refractivity contribution in [1.82, 2.24) is 10.2 Å². The number of benzene rings is 1. The minimum Gasteiger partial charge on any atom is -0.389 e. The molecule has 2 aromatic rings. The van der Waals surface area contributed by atoms with Gasteiger partial charge in [0.2, 0.25) is 0 Å². The lowest BCUT2D eigenvalue weighted by atomic mass is 10.2. The van der Waals surface area contributed by atoms with E-state index in [4.69, 9.17) is 5.73 Å². The highest BCUT2D eigenvalue weighted by atomic mass is 32.2. The van der Waals surface area contributed by atoms with Crippen molar-refractivity contribution < 1.29 is 12.8 Å². The van der Waals surface area contributed by atoms with Crippen LogP contribution < -0.4 is 10.5 Å². The van der Waals surface area contributed by atoms with Gasteiger partial charge in [-0.2, -0.15) is 5.10 Å². The Morgan fingerprint density at radius 3 is 2.79 bits per heavy atom. The minimum atomic E-state index is -4.00. The molecular formula is C10H9FN4O2S2. The summed E-state index contributed by atoms with van der Waals surface area (Å²) >= 11 is 4.68. The number of halogens is 1. The molecule has 1 aromatic heterocycles. The van der Waals surface area contributed by atoms with E-state index in [0.29, 0.717) is 0 Å². The van der Waals surface area contributed by atoms with Crippen LogP contribution in [0.5, 0.6) is 0 Å². The number of hydrogen-bond donors (Lipinski definition) is 3. The van der Waals surface area contributed by atoms with Crippen molar-refractivity contribution in [2.24, 2.45) is 5.73 Å². The van der Waals surface area contributed by atoms with Crippen LogP contribution in [0.25, 0.3) is 0 Å². The van der Waals surface area contributed by atoms with Gasteiger partial charge in [0.1, 0.15) is 15.7 Å². The first-order valence-electron chi connectivity index (χ1n) is 5.02. The van der Waals surface area contributed by atoms with Gasteiger partial charge in [-0.25, -0.2) is 12.8 Å². The number of anilines is 1. The first kappa shape index (κ1) is 13.4. The Labute approximate surface area is 113 Å². The molecule has 0 fully saturated rings. The van der Waals surface area contributed by atoms with Gasteiger partial charge >= 0.3 is 0 Å². The summed E-state index contributed by atoms with van der Waals surface area (Å²) in [7, 11) is -4.00. The van der Waals surface area contributed by atoms with Crippen LogP contribution in [0.3, 0.4) is 0 Å². The van der Waals surface area contributed by atoms with E-state index in [9.17, 15) is 12.8 Å². The van der Waals surface area contributed by atoms with Gasteiger partial charge in [-0.1, -0.05) is 18.3 Å². The van der Waals surface area contributed by atoms with Crippen LogP contribution in [0.1, 0.15) is 5.56 Å². The van der Waals surface area contributed by atoms with Crippen LogP contribution >= 0.6 is 12.2 Å². The first-order valence-corrected chi connectivity index (χ1v) is 6.91. The van der Waals surface area contributed by atoms with E-state index >= 15 is 0 Å². The number of nitrogens with zero attached hydrogens (tertiary/aromatic N) is 1. The van der Waals surface area contributed by atoms with E-state index in [1.165, 1.54) is 24.5 Å². The van der Waals surface area contributed by atoms with Gasteiger partial charge in [0.25, 0.3) is 10.0 Å². The average Bonchev–Trinajstić information content (AvgIpc) is 2.80. The molecule has 0 amide bonds. The van der Waals surface area contributed by atoms with Crippen molar-refractivity contribution in [2.75, 3.05) is 4.72 Å². The summed E-state index contributed by atoms with van der Waals surface area (Å²) in [4.78, 5) is -0.646. The van der Waals surface area contributed by atoms with E-state index in [0.717, 1.165) is 6.07 Å². The fraction of sp³-hybridized carbons (Fsp3) is 0. The van der Waals surface area contributed by atoms with Crippen LogP contribution in [0.4, 0.5) is 10.1 Å². The molecule has 0 saturated heterocycles. The third-order valence-electron chi connectivity index (χ3n) is 2.26. The number of H-pyrrole nitrogens is 1. The average molecular weight is 300 g/mol. The molecular weight excluding hydrogens is 291 g/mol. The quantitative estimate of drug-likeness (QED) is 0.731. The zero-order valence-electron chi connectivity index (χ0n) is 9.42. The van der Waals surface area contributed by atoms with Gasteiger partial charge in [0.05, 0.1) is 17.4 Å². The van der Waals surface area contributed by atoms with Crippen molar-refractivity contribution in [1.29, 1.82) is 0 Å². The van der Waals surface area contributed by atoms with Gasteiger partial charge in [-0.05, 0) is 12.1 Å². The van der Waals surface area contributed by atoms with Gasteiger partial charge < -0.3 is 5.73 Å². The van der Waals surface area contributed by atoms with Crippen LogP contribution in [0, 0.1) is 5.82 Å². The number of thiocarbonyl (C=S) groups is 1. The van der Waals surface area contributed by atoms with E-state index in [-0.39, 0.29) is 21.1 Å². The van der Waals surface area contributed by atoms with E-state index in [1.807, 2.05) is 0 Å². The zero-order chi connectivity index (χ0) is 14.0. The lowest BCUT2D eigenvalue weighted by Gasteiger charge is -2.10. The second kappa shape index (κ2) is 4.94. The summed E-state index contributed by atoms with van der Waals surface area (Å²) < 4.78 is 40.2. The maximum absolute atomic E-state index is 13.6. The highest BCUT2D eigenvalue weighted by Crippen LogP contribution is 2.21. The molecule has 0 atom stereocenters. The summed E-state index contributed by atoms with van der Waals surface area (Å²) in [6.07, 6.45) is 2.62. The predicted octanol–water partition coefficient (Wildman–Crippen LogP) is 0.984. The van der Waals surface area contributed by atoms with Crippen LogP contribution in [0.15, 0.2) is 35.5 Å². The lowest BCUT2D eigenvalue weighted by molar-refractivity contribution is 0.594. The molecule has 0 aliphatic carbocycles. The van der Waals surface area contributed by atoms with Gasteiger partial charge in [-0.3, -0.25) is 9.82 Å². The maximum Gasteiger partial charge on any atom is 0.262 e. The molecule has 100 valence electrons. The molecule has 6 nitrogen and oxygen atoms in total. The van der Waals surface area contributed by atoms with E-state index < -0.39 is 15.8 Å². The summed E-state index contributed by atoms with van der Waals surface area (Å²) in [6.45, 7) is 0. The number of hydrogen-bond acceptors (Lipinski definition) is 4. The van der Waals surface area contributed by atoms with Crippen LogP contribution in [0.2, 0.25) is 0 Å². The molecule has 0 aliphatic heterocycles. The van der Waals surface area contributed by atoms with E-state index in [1.54, 1.807) is 0 Å². The molecule has 0 saturated carbocycles. The standard InChI is InChI=1S/C10H9FN4O2S2/c11-7-2-1-3-8(9(7)10(12)18)19(16,17)15-6-4-13-14-5-6/h1-5,15H,(H2,12,18)(H,13,14). The fourth-order valence-corrected chi connectivity index (χ4v) is 3.02. The number of nitrogens with two attached hydrogens (primary N) is 1. The molecule has 0 radical (unpaired) electrons. The van der Waals surface area contributed by atoms with E-state index in [2.05, 4.69) is 27.1 Å². The van der Waals surface area contributed by atoms with Crippen LogP contribution in [-0.4, -0.2) is 23.6 Å².